The van der Waals surface area contributed by atoms with Gasteiger partial charge in [-0.2, -0.15) is 13.2 Å². The molecule has 9 heteroatoms. The zero-order valence-corrected chi connectivity index (χ0v) is 17.5. The van der Waals surface area contributed by atoms with Crippen LogP contribution in [0, 0.1) is 0 Å². The van der Waals surface area contributed by atoms with Crippen LogP contribution < -0.4 is 0 Å². The predicted octanol–water partition coefficient (Wildman–Crippen LogP) is 4.91. The molecule has 31 heavy (non-hydrogen) atoms. The van der Waals surface area contributed by atoms with E-state index in [1.165, 1.54) is 42.5 Å². The first-order valence-electron chi connectivity index (χ1n) is 9.05. The molecule has 0 aliphatic carbocycles. The second-order valence-corrected chi connectivity index (χ2v) is 9.51. The van der Waals surface area contributed by atoms with Crippen LogP contribution in [0.2, 0.25) is 5.02 Å². The Hall–Kier alpha value is -2.39. The average Bonchev–Trinajstić information content (AvgIpc) is 2.69. The first-order valence-corrected chi connectivity index (χ1v) is 11.1. The van der Waals surface area contributed by atoms with E-state index in [4.69, 9.17) is 11.6 Å². The second kappa shape index (κ2) is 8.63. The number of alkyl halides is 3. The molecule has 3 aromatic rings. The van der Waals surface area contributed by atoms with Gasteiger partial charge < -0.3 is 10.2 Å². The zero-order chi connectivity index (χ0) is 22.9. The quantitative estimate of drug-likeness (QED) is 0.502. The highest BCUT2D eigenvalue weighted by Crippen LogP contribution is 2.46. The molecular formula is C22H18ClF3O4S. The van der Waals surface area contributed by atoms with Gasteiger partial charge in [0.15, 0.2) is 15.1 Å². The number of aliphatic hydroxyl groups is 2. The molecule has 0 spiro atoms. The van der Waals surface area contributed by atoms with Crippen molar-refractivity contribution in [2.45, 2.75) is 23.0 Å². The highest BCUT2D eigenvalue weighted by molar-refractivity contribution is 7.91. The number of hydrogen-bond acceptors (Lipinski definition) is 4. The normalized spacial score (nSPS) is 13.7. The molecular weight excluding hydrogens is 453 g/mol. The molecule has 0 saturated heterocycles. The standard InChI is InChI=1S/C22H18ClF3O4S/c23-17-12-10-15(11-13-17)14-31(29,30)20(21(27,28)22(24,25)26)19-9-5-4-8-18(19)16-6-2-1-3-7-16/h1-13,20,27-28H,14H2. The monoisotopic (exact) mass is 470 g/mol. The summed E-state index contributed by atoms with van der Waals surface area (Å²) in [5.41, 5.74) is 0.363. The highest BCUT2D eigenvalue weighted by Gasteiger charge is 2.62. The van der Waals surface area contributed by atoms with Gasteiger partial charge in [0.2, 0.25) is 0 Å². The SMILES string of the molecule is O=S(=O)(Cc1ccc(Cl)cc1)C(c1ccccc1-c1ccccc1)C(O)(O)C(F)(F)F. The van der Waals surface area contributed by atoms with Crippen molar-refractivity contribution in [3.05, 3.63) is 95.0 Å². The molecule has 0 aromatic heterocycles. The lowest BCUT2D eigenvalue weighted by Gasteiger charge is -2.33. The fourth-order valence-electron chi connectivity index (χ4n) is 3.31. The molecule has 164 valence electrons. The molecule has 1 atom stereocenters. The van der Waals surface area contributed by atoms with Gasteiger partial charge in [-0.1, -0.05) is 78.3 Å². The van der Waals surface area contributed by atoms with Gasteiger partial charge in [-0.25, -0.2) is 8.42 Å². The van der Waals surface area contributed by atoms with Crippen LogP contribution in [-0.2, 0) is 15.6 Å². The van der Waals surface area contributed by atoms with Crippen LogP contribution in [0.3, 0.4) is 0 Å². The van der Waals surface area contributed by atoms with E-state index in [-0.39, 0.29) is 16.7 Å². The molecule has 0 amide bonds. The van der Waals surface area contributed by atoms with Crippen molar-refractivity contribution < 1.29 is 31.8 Å². The summed E-state index contributed by atoms with van der Waals surface area (Å²) in [6.45, 7) is 0. The van der Waals surface area contributed by atoms with Gasteiger partial charge >= 0.3 is 6.18 Å². The van der Waals surface area contributed by atoms with Crippen LogP contribution in [0.1, 0.15) is 16.4 Å². The van der Waals surface area contributed by atoms with E-state index in [1.54, 1.807) is 30.3 Å². The summed E-state index contributed by atoms with van der Waals surface area (Å²) in [4.78, 5) is 0. The number of sulfone groups is 1. The Balaban J connectivity index is 2.21. The van der Waals surface area contributed by atoms with Crippen LogP contribution >= 0.6 is 11.6 Å². The van der Waals surface area contributed by atoms with Gasteiger partial charge in [0.1, 0.15) is 0 Å². The van der Waals surface area contributed by atoms with Crippen LogP contribution in [0.5, 0.6) is 0 Å². The minimum atomic E-state index is -5.63. The Bertz CT molecular complexity index is 1150. The molecule has 3 rings (SSSR count). The molecule has 0 heterocycles. The molecule has 4 nitrogen and oxygen atoms in total. The molecule has 0 radical (unpaired) electrons. The maximum atomic E-state index is 13.6. The minimum absolute atomic E-state index is 0.143. The van der Waals surface area contributed by atoms with E-state index in [1.807, 2.05) is 0 Å². The topological polar surface area (TPSA) is 74.6 Å². The van der Waals surface area contributed by atoms with Crippen LogP contribution in [0.4, 0.5) is 13.2 Å². The first-order chi connectivity index (χ1) is 14.4. The lowest BCUT2D eigenvalue weighted by atomic mass is 9.94. The van der Waals surface area contributed by atoms with Crippen molar-refractivity contribution in [2.24, 2.45) is 0 Å². The summed E-state index contributed by atoms with van der Waals surface area (Å²) < 4.78 is 67.3. The Kier molecular flexibility index (Phi) is 6.48. The summed E-state index contributed by atoms with van der Waals surface area (Å²) >= 11 is 5.78. The van der Waals surface area contributed by atoms with Gasteiger partial charge in [-0.05, 0) is 34.4 Å². The van der Waals surface area contributed by atoms with Crippen molar-refractivity contribution >= 4 is 21.4 Å². The third kappa shape index (κ3) is 4.93. The second-order valence-electron chi connectivity index (χ2n) is 6.99. The van der Waals surface area contributed by atoms with Gasteiger partial charge in [0, 0.05) is 5.02 Å². The third-order valence-corrected chi connectivity index (χ3v) is 7.04. The van der Waals surface area contributed by atoms with Gasteiger partial charge in [0.25, 0.3) is 5.79 Å². The Morgan fingerprint density at radius 2 is 1.39 bits per heavy atom. The molecule has 0 aliphatic heterocycles. The summed E-state index contributed by atoms with van der Waals surface area (Å²) in [6.07, 6.45) is -5.63. The molecule has 3 aromatic carbocycles. The van der Waals surface area contributed by atoms with Gasteiger partial charge in [-0.15, -0.1) is 0 Å². The lowest BCUT2D eigenvalue weighted by Crippen LogP contribution is -2.52. The Labute approximate surface area is 182 Å². The van der Waals surface area contributed by atoms with Crippen molar-refractivity contribution in [1.82, 2.24) is 0 Å². The summed E-state index contributed by atoms with van der Waals surface area (Å²) in [6, 6.07) is 19.1. The maximum Gasteiger partial charge on any atom is 0.444 e. The predicted molar refractivity (Wildman–Crippen MR) is 112 cm³/mol. The third-order valence-electron chi connectivity index (χ3n) is 4.75. The van der Waals surface area contributed by atoms with Crippen molar-refractivity contribution in [2.75, 3.05) is 0 Å². The fraction of sp³-hybridized carbons (Fsp3) is 0.182. The van der Waals surface area contributed by atoms with Crippen LogP contribution in [-0.4, -0.2) is 30.6 Å². The van der Waals surface area contributed by atoms with Gasteiger partial charge in [0.05, 0.1) is 5.75 Å². The van der Waals surface area contributed by atoms with Gasteiger partial charge in [-0.3, -0.25) is 0 Å². The first kappa shape index (κ1) is 23.3. The van der Waals surface area contributed by atoms with E-state index in [0.29, 0.717) is 10.6 Å². The summed E-state index contributed by atoms with van der Waals surface area (Å²) in [5.74, 6) is -5.37. The van der Waals surface area contributed by atoms with Crippen LogP contribution in [0.15, 0.2) is 78.9 Å². The molecule has 0 saturated carbocycles. The van der Waals surface area contributed by atoms with Crippen molar-refractivity contribution in [1.29, 1.82) is 0 Å². The number of halogens is 4. The minimum Gasteiger partial charge on any atom is -0.357 e. The van der Waals surface area contributed by atoms with Crippen LogP contribution in [0.25, 0.3) is 11.1 Å². The Morgan fingerprint density at radius 1 is 0.839 bits per heavy atom. The summed E-state index contributed by atoms with van der Waals surface area (Å²) in [5, 5.41) is 17.9. The number of hydrogen-bond donors (Lipinski definition) is 2. The lowest BCUT2D eigenvalue weighted by molar-refractivity contribution is -0.349. The smallest absolute Gasteiger partial charge is 0.357 e. The number of benzene rings is 3. The van der Waals surface area contributed by atoms with E-state index in [0.717, 1.165) is 6.07 Å². The molecule has 0 bridgehead atoms. The zero-order valence-electron chi connectivity index (χ0n) is 15.9. The summed E-state index contributed by atoms with van der Waals surface area (Å²) in [7, 11) is -4.78. The number of rotatable bonds is 6. The fourth-order valence-corrected chi connectivity index (χ4v) is 5.49. The van der Waals surface area contributed by atoms with Crippen molar-refractivity contribution in [3.8, 4) is 11.1 Å². The van der Waals surface area contributed by atoms with E-state index < -0.39 is 32.8 Å². The highest BCUT2D eigenvalue weighted by atomic mass is 35.5. The largest absolute Gasteiger partial charge is 0.444 e. The maximum absolute atomic E-state index is 13.6. The van der Waals surface area contributed by atoms with Crippen molar-refractivity contribution in [3.63, 3.8) is 0 Å². The molecule has 0 fully saturated rings. The van der Waals surface area contributed by atoms with E-state index >= 15 is 0 Å². The molecule has 2 N–H and O–H groups in total. The molecule has 1 unspecified atom stereocenters. The Morgan fingerprint density at radius 3 is 1.97 bits per heavy atom. The average molecular weight is 471 g/mol. The molecule has 0 aliphatic rings. The van der Waals surface area contributed by atoms with E-state index in [9.17, 15) is 31.8 Å². The van der Waals surface area contributed by atoms with E-state index in [2.05, 4.69) is 0 Å².